The molecule has 1 aliphatic rings. The van der Waals surface area contributed by atoms with Gasteiger partial charge in [-0.25, -0.2) is 4.99 Å². The van der Waals surface area contributed by atoms with Crippen molar-refractivity contribution in [3.05, 3.63) is 181 Å². The molecule has 1 aliphatic heterocycles. The molecular formula is C44H30N4S. The molecule has 1 unspecified atom stereocenters. The molecular weight excluding hydrogens is 617 g/mol. The fourth-order valence-electron chi connectivity index (χ4n) is 7.32. The van der Waals surface area contributed by atoms with Crippen molar-refractivity contribution in [1.82, 2.24) is 9.99 Å². The third-order valence-electron chi connectivity index (χ3n) is 9.63. The van der Waals surface area contributed by atoms with Gasteiger partial charge in [-0.15, -0.1) is 11.3 Å². The molecule has 4 nitrogen and oxygen atoms in total. The summed E-state index contributed by atoms with van der Waals surface area (Å²) in [6.07, 6.45) is -0.214. The summed E-state index contributed by atoms with van der Waals surface area (Å²) in [5.74, 6) is 0.852. The zero-order valence-electron chi connectivity index (χ0n) is 26.5. The maximum Gasteiger partial charge on any atom is 0.167 e. The van der Waals surface area contributed by atoms with Gasteiger partial charge < -0.3 is 4.57 Å². The van der Waals surface area contributed by atoms with Crippen molar-refractivity contribution >= 4 is 64.8 Å². The molecule has 0 spiro atoms. The molecule has 7 aromatic carbocycles. The number of hydrogen-bond donors (Lipinski definition) is 1. The third kappa shape index (κ3) is 4.55. The highest BCUT2D eigenvalue weighted by atomic mass is 32.1. The number of thiophene rings is 1. The number of fused-ring (bicyclic) bond motifs is 7. The van der Waals surface area contributed by atoms with Crippen LogP contribution >= 0.6 is 11.3 Å². The van der Waals surface area contributed by atoms with Crippen molar-refractivity contribution in [2.75, 3.05) is 5.01 Å². The molecule has 3 heterocycles. The van der Waals surface area contributed by atoms with Crippen molar-refractivity contribution in [1.29, 1.82) is 0 Å². The first-order chi connectivity index (χ1) is 24.3. The Balaban J connectivity index is 1.08. The first-order valence-corrected chi connectivity index (χ1v) is 17.4. The first kappa shape index (κ1) is 27.9. The summed E-state index contributed by atoms with van der Waals surface area (Å²) in [5.41, 5.74) is 12.9. The van der Waals surface area contributed by atoms with Crippen LogP contribution in [-0.4, -0.2) is 10.4 Å². The van der Waals surface area contributed by atoms with Gasteiger partial charge in [0.1, 0.15) is 5.84 Å². The van der Waals surface area contributed by atoms with Crippen LogP contribution in [-0.2, 0) is 0 Å². The van der Waals surface area contributed by atoms with E-state index in [4.69, 9.17) is 4.99 Å². The Kier molecular flexibility index (Phi) is 6.39. The lowest BCUT2D eigenvalue weighted by molar-refractivity contribution is 0.673. The normalized spacial score (nSPS) is 14.6. The quantitative estimate of drug-likeness (QED) is 0.202. The number of para-hydroxylation sites is 1. The van der Waals surface area contributed by atoms with Gasteiger partial charge in [0.2, 0.25) is 0 Å². The molecule has 2 aromatic heterocycles. The van der Waals surface area contributed by atoms with Gasteiger partial charge in [-0.05, 0) is 59.2 Å². The van der Waals surface area contributed by atoms with Crippen molar-refractivity contribution < 1.29 is 0 Å². The smallest absolute Gasteiger partial charge is 0.167 e. The topological polar surface area (TPSA) is 32.6 Å². The average Bonchev–Trinajstić information content (AvgIpc) is 3.88. The Bertz CT molecular complexity index is 2690. The molecule has 0 aliphatic carbocycles. The average molecular weight is 647 g/mol. The lowest BCUT2D eigenvalue weighted by atomic mass is 10.0. The number of benzene rings is 7. The molecule has 0 saturated heterocycles. The molecule has 0 saturated carbocycles. The van der Waals surface area contributed by atoms with Gasteiger partial charge in [-0.1, -0.05) is 127 Å². The summed E-state index contributed by atoms with van der Waals surface area (Å²) >= 11 is 1.88. The van der Waals surface area contributed by atoms with Crippen LogP contribution in [0.4, 0.5) is 5.69 Å². The maximum absolute atomic E-state index is 5.26. The van der Waals surface area contributed by atoms with Gasteiger partial charge in [-0.3, -0.25) is 10.4 Å². The van der Waals surface area contributed by atoms with Gasteiger partial charge >= 0.3 is 0 Å². The predicted molar refractivity (Wildman–Crippen MR) is 207 cm³/mol. The number of rotatable bonds is 5. The summed E-state index contributed by atoms with van der Waals surface area (Å²) in [4.78, 5) is 5.26. The Hall–Kier alpha value is -6.17. The standard InChI is InChI=1S/C44H30N4S/c1-3-12-29(13-4-1)31-16-11-17-32(28-31)43-45-44(30-14-5-2-6-15-30)48(46-43)34-24-22-33(23-25-34)47-39-20-9-7-18-35(39)37-26-27-38-36-19-8-10-21-40(36)49-42(38)41(37)47/h1-28,44H,(H,45,46). The van der Waals surface area contributed by atoms with Crippen LogP contribution in [0.25, 0.3) is 58.8 Å². The molecule has 0 bridgehead atoms. The SMILES string of the molecule is c1ccc(-c2cccc(C3=NC(c4ccccc4)N(c4ccc(-n5c6ccccc6c6ccc7c8ccccc8sc7c65)cc4)N3)c2)cc1. The highest BCUT2D eigenvalue weighted by Crippen LogP contribution is 2.43. The second-order valence-electron chi connectivity index (χ2n) is 12.5. The van der Waals surface area contributed by atoms with E-state index in [1.165, 1.54) is 53.1 Å². The highest BCUT2D eigenvalue weighted by molar-refractivity contribution is 7.26. The molecule has 10 rings (SSSR count). The van der Waals surface area contributed by atoms with E-state index in [0.717, 1.165) is 28.3 Å². The number of nitrogens with zero attached hydrogens (tertiary/aromatic N) is 3. The minimum atomic E-state index is -0.214. The summed E-state index contributed by atoms with van der Waals surface area (Å²) in [6, 6.07) is 60.6. The van der Waals surface area contributed by atoms with Crippen molar-refractivity contribution in [3.8, 4) is 16.8 Å². The molecule has 1 atom stereocenters. The first-order valence-electron chi connectivity index (χ1n) is 16.6. The Labute approximate surface area is 287 Å². The number of hydrogen-bond acceptors (Lipinski definition) is 4. The van der Waals surface area contributed by atoms with E-state index in [0.29, 0.717) is 0 Å². The van der Waals surface area contributed by atoms with Gasteiger partial charge in [0, 0.05) is 37.5 Å². The molecule has 5 heteroatoms. The summed E-state index contributed by atoms with van der Waals surface area (Å²) in [7, 11) is 0. The summed E-state index contributed by atoms with van der Waals surface area (Å²) in [6.45, 7) is 0. The fraction of sp³-hybridized carbons (Fsp3) is 0.0227. The van der Waals surface area contributed by atoms with Crippen LogP contribution in [0, 0.1) is 0 Å². The lowest BCUT2D eigenvalue weighted by Gasteiger charge is -2.26. The van der Waals surface area contributed by atoms with Crippen LogP contribution < -0.4 is 10.4 Å². The van der Waals surface area contributed by atoms with E-state index in [9.17, 15) is 0 Å². The predicted octanol–water partition coefficient (Wildman–Crippen LogP) is 11.3. The molecule has 232 valence electrons. The zero-order valence-corrected chi connectivity index (χ0v) is 27.3. The summed E-state index contributed by atoms with van der Waals surface area (Å²) < 4.78 is 5.07. The fourth-order valence-corrected chi connectivity index (χ4v) is 8.56. The van der Waals surface area contributed by atoms with Crippen molar-refractivity contribution in [2.24, 2.45) is 4.99 Å². The number of aromatic nitrogens is 1. The number of amidine groups is 1. The Morgan fingerprint density at radius 1 is 0.510 bits per heavy atom. The van der Waals surface area contributed by atoms with Gasteiger partial charge in [-0.2, -0.15) is 0 Å². The van der Waals surface area contributed by atoms with Crippen molar-refractivity contribution in [3.63, 3.8) is 0 Å². The van der Waals surface area contributed by atoms with Crippen LogP contribution in [0.5, 0.6) is 0 Å². The zero-order chi connectivity index (χ0) is 32.3. The molecule has 0 radical (unpaired) electrons. The van der Waals surface area contributed by atoms with Gasteiger partial charge in [0.15, 0.2) is 6.17 Å². The Morgan fingerprint density at radius 2 is 1.16 bits per heavy atom. The number of anilines is 1. The minimum absolute atomic E-state index is 0.214. The largest absolute Gasteiger partial charge is 0.308 e. The number of nitrogens with one attached hydrogen (secondary N) is 1. The van der Waals surface area contributed by atoms with E-state index in [1.54, 1.807) is 0 Å². The molecule has 0 amide bonds. The number of aliphatic imine (C=N–C) groups is 1. The lowest BCUT2D eigenvalue weighted by Crippen LogP contribution is -2.38. The van der Waals surface area contributed by atoms with Crippen LogP contribution in [0.1, 0.15) is 17.3 Å². The van der Waals surface area contributed by atoms with E-state index < -0.39 is 0 Å². The van der Waals surface area contributed by atoms with E-state index in [2.05, 4.69) is 185 Å². The molecule has 9 aromatic rings. The third-order valence-corrected chi connectivity index (χ3v) is 10.8. The van der Waals surface area contributed by atoms with E-state index >= 15 is 0 Å². The number of hydrazine groups is 1. The molecule has 0 fully saturated rings. The van der Waals surface area contributed by atoms with Crippen molar-refractivity contribution in [2.45, 2.75) is 6.17 Å². The molecule has 1 N–H and O–H groups in total. The van der Waals surface area contributed by atoms with Crippen LogP contribution in [0.3, 0.4) is 0 Å². The monoisotopic (exact) mass is 646 g/mol. The maximum atomic E-state index is 5.26. The minimum Gasteiger partial charge on any atom is -0.308 e. The van der Waals surface area contributed by atoms with Crippen LogP contribution in [0.15, 0.2) is 175 Å². The van der Waals surface area contributed by atoms with Gasteiger partial charge in [0.25, 0.3) is 0 Å². The molecule has 49 heavy (non-hydrogen) atoms. The highest BCUT2D eigenvalue weighted by Gasteiger charge is 2.29. The second kappa shape index (κ2) is 11.2. The summed E-state index contributed by atoms with van der Waals surface area (Å²) in [5, 5.41) is 7.34. The second-order valence-corrected chi connectivity index (χ2v) is 13.5. The van der Waals surface area contributed by atoms with E-state index in [-0.39, 0.29) is 6.17 Å². The van der Waals surface area contributed by atoms with E-state index in [1.807, 2.05) is 11.3 Å². The van der Waals surface area contributed by atoms with Gasteiger partial charge in [0.05, 0.1) is 21.4 Å². The van der Waals surface area contributed by atoms with Crippen LogP contribution in [0.2, 0.25) is 0 Å². The Morgan fingerprint density at radius 3 is 2.00 bits per heavy atom.